The molecule has 33 heavy (non-hydrogen) atoms. The van der Waals surface area contributed by atoms with Crippen LogP contribution in [0.4, 0.5) is 11.8 Å². The maximum atomic E-state index is 6.63. The van der Waals surface area contributed by atoms with Crippen molar-refractivity contribution >= 4 is 45.9 Å². The van der Waals surface area contributed by atoms with E-state index in [9.17, 15) is 0 Å². The van der Waals surface area contributed by atoms with Gasteiger partial charge in [-0.2, -0.15) is 0 Å². The molecule has 3 aromatic rings. The lowest BCUT2D eigenvalue weighted by Crippen LogP contribution is -2.45. The second kappa shape index (κ2) is 10.1. The van der Waals surface area contributed by atoms with Crippen molar-refractivity contribution in [1.82, 2.24) is 24.8 Å². The van der Waals surface area contributed by atoms with Crippen molar-refractivity contribution in [2.45, 2.75) is 0 Å². The van der Waals surface area contributed by atoms with Crippen molar-refractivity contribution in [3.63, 3.8) is 0 Å². The molecule has 0 aliphatic carbocycles. The highest BCUT2D eigenvalue weighted by atomic mass is 35.5. The normalized spacial score (nSPS) is 15.1. The van der Waals surface area contributed by atoms with Crippen LogP contribution in [0.3, 0.4) is 0 Å². The van der Waals surface area contributed by atoms with Gasteiger partial charge in [0.05, 0.1) is 29.8 Å². The van der Waals surface area contributed by atoms with E-state index in [1.807, 2.05) is 0 Å². The summed E-state index contributed by atoms with van der Waals surface area (Å²) in [5, 5.41) is 6.14. The molecule has 176 valence electrons. The average molecular weight is 491 g/mol. The number of fused-ring (bicyclic) bond motifs is 1. The molecule has 2 aromatic heterocycles. The fourth-order valence-corrected chi connectivity index (χ4v) is 4.45. The molecule has 0 atom stereocenters. The molecular formula is C22H26Cl2N7O2-. The first-order valence-corrected chi connectivity index (χ1v) is 11.3. The fourth-order valence-electron chi connectivity index (χ4n) is 3.75. The van der Waals surface area contributed by atoms with Crippen molar-refractivity contribution in [3.05, 3.63) is 33.7 Å². The minimum Gasteiger partial charge on any atom is -0.495 e. The minimum atomic E-state index is 0.159. The zero-order valence-corrected chi connectivity index (χ0v) is 20.3. The number of rotatable bonds is 7. The number of hydrogen-bond donors (Lipinski definition) is 1. The van der Waals surface area contributed by atoms with Crippen molar-refractivity contribution in [2.24, 2.45) is 0 Å². The molecule has 1 aromatic carbocycles. The number of piperazine rings is 1. The molecule has 1 fully saturated rings. The molecule has 1 saturated heterocycles. The van der Waals surface area contributed by atoms with Crippen LogP contribution in [0.2, 0.25) is 10.0 Å². The lowest BCUT2D eigenvalue weighted by molar-refractivity contribution is 0.159. The van der Waals surface area contributed by atoms with Crippen LogP contribution in [0.5, 0.6) is 11.5 Å². The SMILES string of the molecule is COc1cc(OC)c(Cl)c(-c2cc3cnc(N)nc3c([N-]CCN3CCN(C)CC3)n2)c1Cl. The Balaban J connectivity index is 1.72. The highest BCUT2D eigenvalue weighted by Crippen LogP contribution is 2.46. The summed E-state index contributed by atoms with van der Waals surface area (Å²) in [5.74, 6) is 1.47. The number of benzene rings is 1. The van der Waals surface area contributed by atoms with E-state index < -0.39 is 0 Å². The van der Waals surface area contributed by atoms with Crippen LogP contribution in [0, 0.1) is 0 Å². The number of halogens is 2. The highest BCUT2D eigenvalue weighted by Gasteiger charge is 2.19. The van der Waals surface area contributed by atoms with Gasteiger partial charge in [0.25, 0.3) is 0 Å². The third kappa shape index (κ3) is 5.01. The maximum absolute atomic E-state index is 6.63. The largest absolute Gasteiger partial charge is 0.495 e. The summed E-state index contributed by atoms with van der Waals surface area (Å²) in [6.45, 7) is 5.54. The van der Waals surface area contributed by atoms with Gasteiger partial charge < -0.3 is 35.3 Å². The molecule has 0 amide bonds. The summed E-state index contributed by atoms with van der Waals surface area (Å²) < 4.78 is 10.8. The monoisotopic (exact) mass is 490 g/mol. The van der Waals surface area contributed by atoms with Crippen molar-refractivity contribution < 1.29 is 9.47 Å². The smallest absolute Gasteiger partial charge is 0.220 e. The number of likely N-dealkylation sites (N-methyl/N-ethyl adjacent to an activating group) is 1. The summed E-state index contributed by atoms with van der Waals surface area (Å²) in [6.07, 6.45) is 1.64. The van der Waals surface area contributed by atoms with Gasteiger partial charge in [-0.05, 0) is 37.7 Å². The van der Waals surface area contributed by atoms with Crippen molar-refractivity contribution in [3.8, 4) is 22.8 Å². The molecular weight excluding hydrogens is 465 g/mol. The third-order valence-electron chi connectivity index (χ3n) is 5.67. The minimum absolute atomic E-state index is 0.159. The molecule has 1 aliphatic heterocycles. The second-order valence-electron chi connectivity index (χ2n) is 7.81. The second-order valence-corrected chi connectivity index (χ2v) is 8.56. The molecule has 11 heteroatoms. The standard InChI is InChI=1S/C22H26Cl2N7O2/c1-30-6-8-31(9-7-30)5-4-26-21-20-13(12-27-22(25)29-20)10-14(28-21)17-18(23)15(32-2)11-16(33-3)19(17)24/h10-12H,4-9H2,1-3H3,(H2-,25,26,27,28,29)/q-1. The molecule has 0 radical (unpaired) electrons. The molecule has 2 N–H and O–H groups in total. The summed E-state index contributed by atoms with van der Waals surface area (Å²) in [6, 6.07) is 3.45. The molecule has 0 spiro atoms. The Morgan fingerprint density at radius 2 is 1.70 bits per heavy atom. The van der Waals surface area contributed by atoms with E-state index >= 15 is 0 Å². The van der Waals surface area contributed by atoms with Crippen LogP contribution in [0.15, 0.2) is 18.3 Å². The number of pyridine rings is 1. The van der Waals surface area contributed by atoms with Gasteiger partial charge in [-0.3, -0.25) is 0 Å². The fraction of sp³-hybridized carbons (Fsp3) is 0.409. The van der Waals surface area contributed by atoms with Crippen molar-refractivity contribution in [2.75, 3.05) is 66.3 Å². The van der Waals surface area contributed by atoms with E-state index in [1.54, 1.807) is 18.3 Å². The lowest BCUT2D eigenvalue weighted by atomic mass is 10.1. The Bertz CT molecular complexity index is 1130. The number of aromatic nitrogens is 3. The summed E-state index contributed by atoms with van der Waals surface area (Å²) in [7, 11) is 5.20. The van der Waals surface area contributed by atoms with E-state index in [-0.39, 0.29) is 5.95 Å². The Labute approximate surface area is 202 Å². The van der Waals surface area contributed by atoms with Crippen LogP contribution in [-0.2, 0) is 0 Å². The van der Waals surface area contributed by atoms with Gasteiger partial charge in [-0.1, -0.05) is 23.2 Å². The van der Waals surface area contributed by atoms with E-state index in [0.717, 1.165) is 38.1 Å². The van der Waals surface area contributed by atoms with E-state index in [0.29, 0.717) is 50.7 Å². The van der Waals surface area contributed by atoms with Gasteiger partial charge in [0.1, 0.15) is 11.5 Å². The van der Waals surface area contributed by atoms with Crippen LogP contribution >= 0.6 is 23.2 Å². The molecule has 0 bridgehead atoms. The number of methoxy groups -OCH3 is 2. The van der Waals surface area contributed by atoms with Crippen LogP contribution in [0.25, 0.3) is 27.5 Å². The van der Waals surface area contributed by atoms with Gasteiger partial charge in [0.15, 0.2) is 0 Å². The topological polar surface area (TPSA) is 104 Å². The first-order chi connectivity index (χ1) is 15.9. The van der Waals surface area contributed by atoms with Gasteiger partial charge in [0, 0.05) is 49.4 Å². The average Bonchev–Trinajstić information content (AvgIpc) is 2.81. The van der Waals surface area contributed by atoms with Crippen molar-refractivity contribution in [1.29, 1.82) is 0 Å². The number of nitrogen functional groups attached to an aromatic ring is 1. The van der Waals surface area contributed by atoms with Gasteiger partial charge in [0.2, 0.25) is 5.95 Å². The van der Waals surface area contributed by atoms with Gasteiger partial charge in [-0.15, -0.1) is 0 Å². The summed E-state index contributed by atoms with van der Waals surface area (Å²) in [5.41, 5.74) is 7.43. The number of nitrogens with two attached hydrogens (primary N) is 1. The Kier molecular flexibility index (Phi) is 7.23. The Morgan fingerprint density at radius 3 is 2.33 bits per heavy atom. The number of anilines is 1. The molecule has 9 nitrogen and oxygen atoms in total. The quantitative estimate of drug-likeness (QED) is 0.532. The lowest BCUT2D eigenvalue weighted by Gasteiger charge is -2.33. The Hall–Kier alpha value is -2.59. The summed E-state index contributed by atoms with van der Waals surface area (Å²) in [4.78, 5) is 18.0. The van der Waals surface area contributed by atoms with E-state index in [4.69, 9.17) is 48.7 Å². The maximum Gasteiger partial charge on any atom is 0.220 e. The van der Waals surface area contributed by atoms with E-state index in [2.05, 4.69) is 26.8 Å². The van der Waals surface area contributed by atoms with Gasteiger partial charge >= 0.3 is 0 Å². The molecule has 1 aliphatic rings. The van der Waals surface area contributed by atoms with Crippen LogP contribution in [-0.4, -0.2) is 85.3 Å². The number of ether oxygens (including phenoxy) is 2. The molecule has 0 unspecified atom stereocenters. The molecule has 3 heterocycles. The zero-order valence-electron chi connectivity index (χ0n) is 18.8. The van der Waals surface area contributed by atoms with Crippen LogP contribution in [0.1, 0.15) is 0 Å². The predicted octanol–water partition coefficient (Wildman–Crippen LogP) is 3.85. The highest BCUT2D eigenvalue weighted by molar-refractivity contribution is 6.41. The predicted molar refractivity (Wildman–Crippen MR) is 132 cm³/mol. The summed E-state index contributed by atoms with van der Waals surface area (Å²) >= 11 is 13.3. The van der Waals surface area contributed by atoms with Crippen LogP contribution < -0.4 is 15.2 Å². The van der Waals surface area contributed by atoms with Gasteiger partial charge in [-0.25, -0.2) is 9.97 Å². The first kappa shape index (κ1) is 23.6. The molecule has 0 saturated carbocycles. The molecule has 4 rings (SSSR count). The first-order valence-electron chi connectivity index (χ1n) is 10.5. The number of hydrogen-bond acceptors (Lipinski definition) is 8. The third-order valence-corrected chi connectivity index (χ3v) is 6.42. The van der Waals surface area contributed by atoms with E-state index in [1.165, 1.54) is 14.2 Å². The number of nitrogens with zero attached hydrogens (tertiary/aromatic N) is 6. The zero-order chi connectivity index (χ0) is 23.5. The Morgan fingerprint density at radius 1 is 1.03 bits per heavy atom.